The highest BCUT2D eigenvalue weighted by atomic mass is 35.5. The molecule has 1 rings (SSSR count). The van der Waals surface area contributed by atoms with Crippen molar-refractivity contribution in [3.05, 3.63) is 27.7 Å². The highest BCUT2D eigenvalue weighted by Gasteiger charge is 2.10. The normalized spacial score (nSPS) is 10.3. The predicted molar refractivity (Wildman–Crippen MR) is 78.0 cm³/mol. The van der Waals surface area contributed by atoms with Gasteiger partial charge in [0.15, 0.2) is 0 Å². The van der Waals surface area contributed by atoms with Gasteiger partial charge in [0.1, 0.15) is 5.75 Å². The number of amides is 1. The van der Waals surface area contributed by atoms with Crippen molar-refractivity contribution in [1.82, 2.24) is 5.32 Å². The van der Waals surface area contributed by atoms with Crippen LogP contribution in [0.4, 0.5) is 0 Å². The van der Waals surface area contributed by atoms with Crippen LogP contribution in [0.5, 0.6) is 5.75 Å². The number of nitrogens with two attached hydrogens (primary N) is 1. The molecule has 0 aliphatic heterocycles. The second-order valence-corrected chi connectivity index (χ2v) is 4.88. The number of nitrogens with one attached hydrogen (secondary N) is 1. The van der Waals surface area contributed by atoms with Crippen LogP contribution >= 0.6 is 23.2 Å². The lowest BCUT2D eigenvalue weighted by Gasteiger charge is -2.13. The second kappa shape index (κ2) is 8.25. The molecule has 1 amide bonds. The molecular weight excluding hydrogens is 287 g/mol. The third kappa shape index (κ3) is 5.27. The van der Waals surface area contributed by atoms with Crippen molar-refractivity contribution in [2.75, 3.05) is 20.2 Å². The van der Waals surface area contributed by atoms with Gasteiger partial charge in [0, 0.05) is 18.5 Å². The maximum atomic E-state index is 11.1. The van der Waals surface area contributed by atoms with Gasteiger partial charge >= 0.3 is 0 Å². The van der Waals surface area contributed by atoms with Gasteiger partial charge in [0.2, 0.25) is 5.91 Å². The Balaban J connectivity index is 2.63. The van der Waals surface area contributed by atoms with Crippen LogP contribution in [0.1, 0.15) is 18.4 Å². The molecule has 6 heteroatoms. The summed E-state index contributed by atoms with van der Waals surface area (Å²) >= 11 is 12.1. The number of benzene rings is 1. The first-order valence-corrected chi connectivity index (χ1v) is 6.85. The summed E-state index contributed by atoms with van der Waals surface area (Å²) in [5.74, 6) is 0.599. The van der Waals surface area contributed by atoms with Gasteiger partial charge in [-0.05, 0) is 37.1 Å². The zero-order valence-electron chi connectivity index (χ0n) is 10.8. The van der Waals surface area contributed by atoms with Gasteiger partial charge in [-0.3, -0.25) is 4.79 Å². The van der Waals surface area contributed by atoms with Crippen LogP contribution in [-0.2, 0) is 11.2 Å². The predicted octanol–water partition coefficient (Wildman–Crippen LogP) is 2.40. The summed E-state index contributed by atoms with van der Waals surface area (Å²) in [5, 5.41) is 3.59. The zero-order valence-corrected chi connectivity index (χ0v) is 12.4. The third-order valence-corrected chi connectivity index (χ3v) is 3.07. The average molecular weight is 305 g/mol. The van der Waals surface area contributed by atoms with Gasteiger partial charge < -0.3 is 15.8 Å². The van der Waals surface area contributed by atoms with E-state index in [1.807, 2.05) is 0 Å². The quantitative estimate of drug-likeness (QED) is 0.760. The Kier molecular flexibility index (Phi) is 6.99. The van der Waals surface area contributed by atoms with E-state index in [0.29, 0.717) is 48.2 Å². The lowest BCUT2D eigenvalue weighted by molar-refractivity contribution is -0.120. The molecule has 0 bridgehead atoms. The Bertz CT molecular complexity index is 439. The van der Waals surface area contributed by atoms with Gasteiger partial charge in [0.05, 0.1) is 11.6 Å². The molecule has 0 aromatic heterocycles. The largest absolute Gasteiger partial charge is 0.492 e. The first kappa shape index (κ1) is 16.1. The number of rotatable bonds is 7. The van der Waals surface area contributed by atoms with E-state index >= 15 is 0 Å². The molecule has 0 fully saturated rings. The van der Waals surface area contributed by atoms with Gasteiger partial charge in [0.25, 0.3) is 0 Å². The van der Waals surface area contributed by atoms with Crippen molar-refractivity contribution >= 4 is 29.1 Å². The van der Waals surface area contributed by atoms with E-state index in [-0.39, 0.29) is 5.91 Å². The number of halogens is 2. The van der Waals surface area contributed by atoms with E-state index in [2.05, 4.69) is 5.32 Å². The molecule has 0 radical (unpaired) electrons. The number of carbonyl (C=O) groups is 1. The van der Waals surface area contributed by atoms with Gasteiger partial charge in [-0.25, -0.2) is 0 Å². The highest BCUT2D eigenvalue weighted by molar-refractivity contribution is 6.35. The summed E-state index contributed by atoms with van der Waals surface area (Å²) in [4.78, 5) is 11.1. The average Bonchev–Trinajstić information content (AvgIpc) is 2.36. The molecule has 0 unspecified atom stereocenters. The maximum absolute atomic E-state index is 11.1. The van der Waals surface area contributed by atoms with Crippen molar-refractivity contribution in [3.8, 4) is 5.75 Å². The topological polar surface area (TPSA) is 64.3 Å². The first-order chi connectivity index (χ1) is 9.08. The van der Waals surface area contributed by atoms with Crippen molar-refractivity contribution in [2.24, 2.45) is 5.73 Å². The Labute approximate surface area is 123 Å². The minimum atomic E-state index is -0.00650. The highest BCUT2D eigenvalue weighted by Crippen LogP contribution is 2.32. The third-order valence-electron chi connectivity index (χ3n) is 2.57. The summed E-state index contributed by atoms with van der Waals surface area (Å²) < 4.78 is 5.64. The van der Waals surface area contributed by atoms with Crippen LogP contribution in [0.3, 0.4) is 0 Å². The van der Waals surface area contributed by atoms with Crippen LogP contribution in [0.15, 0.2) is 12.1 Å². The Morgan fingerprint density at radius 2 is 2.16 bits per heavy atom. The Hall–Kier alpha value is -0.970. The van der Waals surface area contributed by atoms with E-state index in [1.54, 1.807) is 19.2 Å². The van der Waals surface area contributed by atoms with E-state index in [0.717, 1.165) is 5.56 Å². The molecule has 0 spiro atoms. The zero-order chi connectivity index (χ0) is 14.3. The molecule has 106 valence electrons. The number of hydrogen-bond acceptors (Lipinski definition) is 3. The molecule has 0 aliphatic carbocycles. The van der Waals surface area contributed by atoms with Gasteiger partial charge in [-0.1, -0.05) is 23.2 Å². The molecule has 1 aromatic rings. The van der Waals surface area contributed by atoms with Crippen LogP contribution in [0.25, 0.3) is 0 Å². The Morgan fingerprint density at radius 3 is 2.79 bits per heavy atom. The maximum Gasteiger partial charge on any atom is 0.219 e. The lowest BCUT2D eigenvalue weighted by atomic mass is 10.1. The van der Waals surface area contributed by atoms with Crippen molar-refractivity contribution in [3.63, 3.8) is 0 Å². The van der Waals surface area contributed by atoms with E-state index in [4.69, 9.17) is 33.7 Å². The fourth-order valence-electron chi connectivity index (χ4n) is 1.65. The van der Waals surface area contributed by atoms with Gasteiger partial charge in [-0.2, -0.15) is 0 Å². The molecular formula is C13H18Cl2N2O2. The summed E-state index contributed by atoms with van der Waals surface area (Å²) in [6.45, 7) is 0.914. The standard InChI is InChI=1S/C13H18Cl2N2O2/c1-17-12(18)3-2-6-19-13-9(4-5-16)7-10(14)8-11(13)15/h7-8H,2-6,16H2,1H3,(H,17,18). The Morgan fingerprint density at radius 1 is 1.42 bits per heavy atom. The summed E-state index contributed by atoms with van der Waals surface area (Å²) in [7, 11) is 1.61. The fraction of sp³-hybridized carbons (Fsp3) is 0.462. The van der Waals surface area contributed by atoms with E-state index < -0.39 is 0 Å². The molecule has 4 nitrogen and oxygen atoms in total. The van der Waals surface area contributed by atoms with Crippen molar-refractivity contribution in [2.45, 2.75) is 19.3 Å². The number of hydrogen-bond donors (Lipinski definition) is 2. The SMILES string of the molecule is CNC(=O)CCCOc1c(Cl)cc(Cl)cc1CCN. The molecule has 0 aliphatic rings. The minimum absolute atomic E-state index is 0.00650. The van der Waals surface area contributed by atoms with Crippen LogP contribution in [-0.4, -0.2) is 26.1 Å². The monoisotopic (exact) mass is 304 g/mol. The minimum Gasteiger partial charge on any atom is -0.492 e. The van der Waals surface area contributed by atoms with Crippen molar-refractivity contribution in [1.29, 1.82) is 0 Å². The smallest absolute Gasteiger partial charge is 0.219 e. The van der Waals surface area contributed by atoms with E-state index in [9.17, 15) is 4.79 Å². The van der Waals surface area contributed by atoms with Gasteiger partial charge in [-0.15, -0.1) is 0 Å². The molecule has 0 saturated carbocycles. The molecule has 0 heterocycles. The number of ether oxygens (including phenoxy) is 1. The second-order valence-electron chi connectivity index (χ2n) is 4.04. The molecule has 0 saturated heterocycles. The summed E-state index contributed by atoms with van der Waals surface area (Å²) in [6, 6.07) is 3.44. The molecule has 0 atom stereocenters. The number of carbonyl (C=O) groups excluding carboxylic acids is 1. The van der Waals surface area contributed by atoms with E-state index in [1.165, 1.54) is 0 Å². The summed E-state index contributed by atoms with van der Waals surface area (Å²) in [6.07, 6.45) is 1.69. The van der Waals surface area contributed by atoms with Crippen LogP contribution in [0, 0.1) is 0 Å². The fourth-order valence-corrected chi connectivity index (χ4v) is 2.24. The first-order valence-electron chi connectivity index (χ1n) is 6.09. The summed E-state index contributed by atoms with van der Waals surface area (Å²) in [5.41, 5.74) is 6.44. The van der Waals surface area contributed by atoms with Crippen LogP contribution < -0.4 is 15.8 Å². The molecule has 3 N–H and O–H groups in total. The lowest BCUT2D eigenvalue weighted by Crippen LogP contribution is -2.18. The van der Waals surface area contributed by atoms with Crippen molar-refractivity contribution < 1.29 is 9.53 Å². The van der Waals surface area contributed by atoms with Crippen LogP contribution in [0.2, 0.25) is 10.0 Å². The molecule has 19 heavy (non-hydrogen) atoms. The molecule has 1 aromatic carbocycles.